The van der Waals surface area contributed by atoms with Crippen LogP contribution in [0.3, 0.4) is 0 Å². The van der Waals surface area contributed by atoms with Gasteiger partial charge >= 0.3 is 12.2 Å². The van der Waals surface area contributed by atoms with Gasteiger partial charge in [0.1, 0.15) is 19.0 Å². The second-order valence-corrected chi connectivity index (χ2v) is 6.05. The normalized spacial score (nSPS) is 20.7. The summed E-state index contributed by atoms with van der Waals surface area (Å²) in [6.07, 6.45) is 0.182. The number of anilines is 2. The highest BCUT2D eigenvalue weighted by Crippen LogP contribution is 2.32. The maximum absolute atomic E-state index is 12.2. The van der Waals surface area contributed by atoms with Crippen LogP contribution < -0.4 is 15.1 Å². The summed E-state index contributed by atoms with van der Waals surface area (Å²) in [6, 6.07) is 5.83. The second kappa shape index (κ2) is 7.51. The van der Waals surface area contributed by atoms with Gasteiger partial charge in [-0.1, -0.05) is 5.16 Å². The van der Waals surface area contributed by atoms with Gasteiger partial charge in [0.25, 0.3) is 0 Å². The van der Waals surface area contributed by atoms with E-state index in [0.717, 1.165) is 35.6 Å². The van der Waals surface area contributed by atoms with Crippen molar-refractivity contribution in [2.75, 3.05) is 44.2 Å². The van der Waals surface area contributed by atoms with Gasteiger partial charge in [-0.3, -0.25) is 4.90 Å². The number of hydrogen-bond donors (Lipinski definition) is 1. The number of carbonyl (C=O) groups is 2. The van der Waals surface area contributed by atoms with Gasteiger partial charge in [-0.15, -0.1) is 0 Å². The van der Waals surface area contributed by atoms with Crippen molar-refractivity contribution in [1.29, 1.82) is 0 Å². The third-order valence-electron chi connectivity index (χ3n) is 4.47. The lowest BCUT2D eigenvalue weighted by Crippen LogP contribution is -2.34. The molecule has 0 bridgehead atoms. The fourth-order valence-corrected chi connectivity index (χ4v) is 3.14. The molecule has 0 aromatic heterocycles. The van der Waals surface area contributed by atoms with Gasteiger partial charge < -0.3 is 24.5 Å². The second-order valence-electron chi connectivity index (χ2n) is 6.05. The Hall–Kier alpha value is -2.97. The Kier molecular flexibility index (Phi) is 5.15. The molecule has 9 nitrogen and oxygen atoms in total. The predicted octanol–water partition coefficient (Wildman–Crippen LogP) is 1.71. The summed E-state index contributed by atoms with van der Waals surface area (Å²) in [5, 5.41) is 6.58. The number of benzene rings is 1. The molecular formula is C17H22N4O5. The topological polar surface area (TPSA) is 92.7 Å². The molecular weight excluding hydrogens is 340 g/mol. The van der Waals surface area contributed by atoms with Crippen LogP contribution in [-0.2, 0) is 20.7 Å². The first-order valence-electron chi connectivity index (χ1n) is 8.30. The number of nitrogens with one attached hydrogen (secondary N) is 1. The van der Waals surface area contributed by atoms with E-state index in [4.69, 9.17) is 9.57 Å². The summed E-state index contributed by atoms with van der Waals surface area (Å²) in [5.41, 5.74) is 2.94. The Balaban J connectivity index is 1.72. The highest BCUT2D eigenvalue weighted by Gasteiger charge is 2.33. The lowest BCUT2D eigenvalue weighted by Gasteiger charge is -2.29. The standard InChI is InChI=1S/C17H22N4O5/c1-20-14-6-5-12(8-11(14)4-7-15(20)19-25-3)21-10-13(26-17(21)23)9-18-16(22)24-2/h5-6,8,13H,4,7,9-10H2,1-3H3,(H,18,22)/t13-/m0/s1. The molecule has 3 rings (SSSR count). The van der Waals surface area contributed by atoms with Crippen molar-refractivity contribution in [2.45, 2.75) is 18.9 Å². The minimum absolute atomic E-state index is 0.208. The van der Waals surface area contributed by atoms with Crippen LogP contribution in [0.25, 0.3) is 0 Å². The largest absolute Gasteiger partial charge is 0.453 e. The fraction of sp³-hybridized carbons (Fsp3) is 0.471. The van der Waals surface area contributed by atoms with Gasteiger partial charge in [0.05, 0.1) is 20.2 Å². The molecule has 0 aliphatic carbocycles. The van der Waals surface area contributed by atoms with E-state index < -0.39 is 18.3 Å². The Morgan fingerprint density at radius 2 is 2.19 bits per heavy atom. The molecule has 1 atom stereocenters. The molecule has 0 radical (unpaired) electrons. The SMILES string of the molecule is CON=C1CCc2cc(N3C[C@H](CNC(=O)OC)OC3=O)ccc2N1C. The average Bonchev–Trinajstić information content (AvgIpc) is 3.02. The van der Waals surface area contributed by atoms with Crippen LogP contribution in [0, 0.1) is 0 Å². The third-order valence-corrected chi connectivity index (χ3v) is 4.47. The van der Waals surface area contributed by atoms with Crippen LogP contribution >= 0.6 is 0 Å². The van der Waals surface area contributed by atoms with E-state index in [0.29, 0.717) is 6.54 Å². The number of cyclic esters (lactones) is 1. The van der Waals surface area contributed by atoms with Crippen molar-refractivity contribution in [3.8, 4) is 0 Å². The monoisotopic (exact) mass is 362 g/mol. The van der Waals surface area contributed by atoms with Crippen LogP contribution in [-0.4, -0.2) is 58.5 Å². The number of nitrogens with zero attached hydrogens (tertiary/aromatic N) is 3. The highest BCUT2D eigenvalue weighted by molar-refractivity contribution is 6.00. The number of aryl methyl sites for hydroxylation is 1. The number of ether oxygens (including phenoxy) is 2. The molecule has 0 unspecified atom stereocenters. The molecule has 9 heteroatoms. The molecule has 1 aromatic rings. The molecule has 1 saturated heterocycles. The Morgan fingerprint density at radius 3 is 2.92 bits per heavy atom. The maximum Gasteiger partial charge on any atom is 0.414 e. The van der Waals surface area contributed by atoms with Crippen LogP contribution in [0.2, 0.25) is 0 Å². The molecule has 1 N–H and O–H groups in total. The van der Waals surface area contributed by atoms with Crippen LogP contribution in [0.5, 0.6) is 0 Å². The minimum atomic E-state index is -0.551. The predicted molar refractivity (Wildman–Crippen MR) is 95.6 cm³/mol. The first-order chi connectivity index (χ1) is 12.5. The fourth-order valence-electron chi connectivity index (χ4n) is 3.14. The quantitative estimate of drug-likeness (QED) is 0.820. The molecule has 0 spiro atoms. The van der Waals surface area contributed by atoms with Crippen LogP contribution in [0.4, 0.5) is 21.0 Å². The molecule has 2 aliphatic heterocycles. The molecule has 140 valence electrons. The van der Waals surface area contributed by atoms with E-state index in [9.17, 15) is 9.59 Å². The Morgan fingerprint density at radius 1 is 1.38 bits per heavy atom. The van der Waals surface area contributed by atoms with E-state index in [1.807, 2.05) is 30.1 Å². The smallest absolute Gasteiger partial charge is 0.414 e. The minimum Gasteiger partial charge on any atom is -0.453 e. The average molecular weight is 362 g/mol. The van der Waals surface area contributed by atoms with Crippen molar-refractivity contribution >= 4 is 29.4 Å². The number of amides is 2. The van der Waals surface area contributed by atoms with Crippen molar-refractivity contribution in [3.63, 3.8) is 0 Å². The summed E-state index contributed by atoms with van der Waals surface area (Å²) in [5.74, 6) is 0.863. The lowest BCUT2D eigenvalue weighted by molar-refractivity contribution is 0.132. The van der Waals surface area contributed by atoms with E-state index in [-0.39, 0.29) is 6.54 Å². The van der Waals surface area contributed by atoms with Gasteiger partial charge in [-0.05, 0) is 30.2 Å². The van der Waals surface area contributed by atoms with Gasteiger partial charge in [0.15, 0.2) is 0 Å². The molecule has 2 amide bonds. The number of amidine groups is 1. The number of carbonyl (C=O) groups excluding carboxylic acids is 2. The van der Waals surface area contributed by atoms with E-state index in [1.54, 1.807) is 4.90 Å². The highest BCUT2D eigenvalue weighted by atomic mass is 16.6. The molecule has 2 heterocycles. The zero-order valence-electron chi connectivity index (χ0n) is 15.0. The zero-order chi connectivity index (χ0) is 18.7. The summed E-state index contributed by atoms with van der Waals surface area (Å²) in [7, 11) is 4.76. The van der Waals surface area contributed by atoms with Gasteiger partial charge in [0, 0.05) is 24.8 Å². The van der Waals surface area contributed by atoms with Gasteiger partial charge in [-0.25, -0.2) is 9.59 Å². The zero-order valence-corrected chi connectivity index (χ0v) is 15.0. The summed E-state index contributed by atoms with van der Waals surface area (Å²) in [4.78, 5) is 31.8. The van der Waals surface area contributed by atoms with Gasteiger partial charge in [-0.2, -0.15) is 0 Å². The Bertz CT molecular complexity index is 736. The van der Waals surface area contributed by atoms with Crippen LogP contribution in [0.15, 0.2) is 23.4 Å². The van der Waals surface area contributed by atoms with Crippen molar-refractivity contribution in [3.05, 3.63) is 23.8 Å². The number of methoxy groups -OCH3 is 1. The number of alkyl carbamates (subject to hydrolysis) is 1. The Labute approximate surface area is 151 Å². The summed E-state index contributed by atoms with van der Waals surface area (Å²) in [6.45, 7) is 0.577. The number of oxime groups is 1. The number of hydrogen-bond acceptors (Lipinski definition) is 6. The van der Waals surface area contributed by atoms with Gasteiger partial charge in [0.2, 0.25) is 0 Å². The summed E-state index contributed by atoms with van der Waals surface area (Å²) >= 11 is 0. The van der Waals surface area contributed by atoms with E-state index in [2.05, 4.69) is 15.2 Å². The van der Waals surface area contributed by atoms with Crippen molar-refractivity contribution < 1.29 is 23.9 Å². The number of fused-ring (bicyclic) bond motifs is 1. The molecule has 26 heavy (non-hydrogen) atoms. The molecule has 0 saturated carbocycles. The third kappa shape index (κ3) is 3.51. The summed E-state index contributed by atoms with van der Waals surface area (Å²) < 4.78 is 9.83. The molecule has 2 aliphatic rings. The maximum atomic E-state index is 12.2. The van der Waals surface area contributed by atoms with Crippen molar-refractivity contribution in [2.24, 2.45) is 5.16 Å². The number of rotatable bonds is 4. The van der Waals surface area contributed by atoms with Crippen LogP contribution in [0.1, 0.15) is 12.0 Å². The van der Waals surface area contributed by atoms with Crippen molar-refractivity contribution in [1.82, 2.24) is 5.32 Å². The lowest BCUT2D eigenvalue weighted by atomic mass is 10.0. The van der Waals surface area contributed by atoms with E-state index in [1.165, 1.54) is 14.2 Å². The first kappa shape index (κ1) is 17.8. The first-order valence-corrected chi connectivity index (χ1v) is 8.30. The molecule has 1 fully saturated rings. The molecule has 1 aromatic carbocycles. The van der Waals surface area contributed by atoms with E-state index >= 15 is 0 Å².